The molecule has 0 aliphatic carbocycles. The van der Waals surface area contributed by atoms with Crippen molar-refractivity contribution in [3.05, 3.63) is 66.3 Å². The predicted molar refractivity (Wildman–Crippen MR) is 79.8 cm³/mol. The van der Waals surface area contributed by atoms with Crippen LogP contribution >= 0.6 is 0 Å². The van der Waals surface area contributed by atoms with E-state index in [1.54, 1.807) is 18.2 Å². The predicted octanol–water partition coefficient (Wildman–Crippen LogP) is 4.41. The number of aromatic nitrogens is 2. The number of halogens is 1. The zero-order valence-corrected chi connectivity index (χ0v) is 12.1. The average molecular weight is 298 g/mol. The summed E-state index contributed by atoms with van der Waals surface area (Å²) in [6.07, 6.45) is 0.295. The van der Waals surface area contributed by atoms with E-state index in [1.165, 1.54) is 6.07 Å². The zero-order chi connectivity index (χ0) is 15.4. The highest BCUT2D eigenvalue weighted by Crippen LogP contribution is 2.27. The van der Waals surface area contributed by atoms with Crippen molar-refractivity contribution < 1.29 is 13.5 Å². The van der Waals surface area contributed by atoms with Crippen LogP contribution in [0.25, 0.3) is 11.5 Å². The molecule has 0 N–H and O–H groups in total. The van der Waals surface area contributed by atoms with Crippen LogP contribution in [0.2, 0.25) is 0 Å². The maximum Gasteiger partial charge on any atom is 0.257 e. The van der Waals surface area contributed by atoms with E-state index in [1.807, 2.05) is 37.3 Å². The van der Waals surface area contributed by atoms with Crippen LogP contribution < -0.4 is 4.74 Å². The topological polar surface area (TPSA) is 48.2 Å². The van der Waals surface area contributed by atoms with Crippen LogP contribution in [0.3, 0.4) is 0 Å². The molecule has 1 unspecified atom stereocenters. The fourth-order valence-corrected chi connectivity index (χ4v) is 2.08. The lowest BCUT2D eigenvalue weighted by Gasteiger charge is -2.13. The molecule has 0 bridgehead atoms. The molecule has 0 fully saturated rings. The van der Waals surface area contributed by atoms with Crippen LogP contribution in [0.5, 0.6) is 5.75 Å². The zero-order valence-electron chi connectivity index (χ0n) is 12.1. The number of nitrogens with zero attached hydrogens (tertiary/aromatic N) is 2. The van der Waals surface area contributed by atoms with Crippen molar-refractivity contribution in [3.8, 4) is 17.2 Å². The van der Waals surface area contributed by atoms with Crippen molar-refractivity contribution in [3.63, 3.8) is 0 Å². The first-order valence-corrected chi connectivity index (χ1v) is 7.08. The third-order valence-electron chi connectivity index (χ3n) is 3.21. The Kier molecular flexibility index (Phi) is 4.14. The number of hydrogen-bond acceptors (Lipinski definition) is 4. The van der Waals surface area contributed by atoms with Crippen LogP contribution in [0, 0.1) is 5.82 Å². The SMILES string of the molecule is CCC(Oc1ccccc1)c1nnc(-c2ccccc2F)o1. The van der Waals surface area contributed by atoms with Crippen molar-refractivity contribution in [2.45, 2.75) is 19.4 Å². The molecule has 0 spiro atoms. The van der Waals surface area contributed by atoms with E-state index in [0.717, 1.165) is 5.75 Å². The molecule has 5 heteroatoms. The van der Waals surface area contributed by atoms with Gasteiger partial charge in [-0.25, -0.2) is 4.39 Å². The molecule has 3 rings (SSSR count). The van der Waals surface area contributed by atoms with E-state index in [4.69, 9.17) is 9.15 Å². The molecule has 0 saturated carbocycles. The second kappa shape index (κ2) is 6.39. The molecule has 3 aromatic rings. The Hall–Kier alpha value is -2.69. The van der Waals surface area contributed by atoms with Gasteiger partial charge in [0.15, 0.2) is 6.10 Å². The van der Waals surface area contributed by atoms with E-state index < -0.39 is 5.82 Å². The van der Waals surface area contributed by atoms with Crippen molar-refractivity contribution in [1.29, 1.82) is 0 Å². The quantitative estimate of drug-likeness (QED) is 0.700. The number of ether oxygens (including phenoxy) is 1. The minimum absolute atomic E-state index is 0.156. The molecule has 0 aliphatic heterocycles. The molecule has 0 saturated heterocycles. The fraction of sp³-hybridized carbons (Fsp3) is 0.176. The highest BCUT2D eigenvalue weighted by Gasteiger charge is 2.20. The molecular formula is C17H15FN2O2. The summed E-state index contributed by atoms with van der Waals surface area (Å²) in [6, 6.07) is 15.7. The van der Waals surface area contributed by atoms with Crippen molar-refractivity contribution >= 4 is 0 Å². The third kappa shape index (κ3) is 2.98. The van der Waals surface area contributed by atoms with Gasteiger partial charge in [0.05, 0.1) is 5.56 Å². The Labute approximate surface area is 127 Å². The molecule has 2 aromatic carbocycles. The summed E-state index contributed by atoms with van der Waals surface area (Å²) in [5.74, 6) is 0.822. The average Bonchev–Trinajstić information content (AvgIpc) is 3.03. The lowest BCUT2D eigenvalue weighted by Crippen LogP contribution is -2.06. The van der Waals surface area contributed by atoms with Gasteiger partial charge in [0.25, 0.3) is 11.8 Å². The molecule has 1 heterocycles. The Bertz CT molecular complexity index is 743. The van der Waals surface area contributed by atoms with Gasteiger partial charge in [-0.1, -0.05) is 37.3 Å². The summed E-state index contributed by atoms with van der Waals surface area (Å²) in [6.45, 7) is 1.96. The summed E-state index contributed by atoms with van der Waals surface area (Å²) in [5.41, 5.74) is 0.288. The highest BCUT2D eigenvalue weighted by atomic mass is 19.1. The summed E-state index contributed by atoms with van der Waals surface area (Å²) in [7, 11) is 0. The smallest absolute Gasteiger partial charge is 0.257 e. The third-order valence-corrected chi connectivity index (χ3v) is 3.21. The van der Waals surface area contributed by atoms with Gasteiger partial charge in [-0.05, 0) is 30.7 Å². The number of rotatable bonds is 5. The van der Waals surface area contributed by atoms with Gasteiger partial charge in [-0.15, -0.1) is 10.2 Å². The highest BCUT2D eigenvalue weighted by molar-refractivity contribution is 5.53. The Balaban J connectivity index is 1.84. The van der Waals surface area contributed by atoms with Crippen LogP contribution in [-0.4, -0.2) is 10.2 Å². The van der Waals surface area contributed by atoms with Gasteiger partial charge in [-0.3, -0.25) is 0 Å². The number of para-hydroxylation sites is 1. The Morgan fingerprint density at radius 3 is 2.50 bits per heavy atom. The largest absolute Gasteiger partial charge is 0.481 e. The second-order valence-corrected chi connectivity index (χ2v) is 4.75. The van der Waals surface area contributed by atoms with Gasteiger partial charge in [-0.2, -0.15) is 0 Å². The van der Waals surface area contributed by atoms with Crippen LogP contribution in [-0.2, 0) is 0 Å². The van der Waals surface area contributed by atoms with Gasteiger partial charge in [0, 0.05) is 0 Å². The van der Waals surface area contributed by atoms with Crippen LogP contribution in [0.15, 0.2) is 59.0 Å². The lowest BCUT2D eigenvalue weighted by atomic mass is 10.2. The van der Waals surface area contributed by atoms with Crippen molar-refractivity contribution in [2.24, 2.45) is 0 Å². The van der Waals surface area contributed by atoms with Gasteiger partial charge in [0.2, 0.25) is 0 Å². The summed E-state index contributed by atoms with van der Waals surface area (Å²) >= 11 is 0. The molecule has 112 valence electrons. The number of benzene rings is 2. The molecule has 0 aliphatic rings. The molecule has 1 aromatic heterocycles. The van der Waals surface area contributed by atoms with E-state index in [2.05, 4.69) is 10.2 Å². The first kappa shape index (κ1) is 14.3. The molecule has 22 heavy (non-hydrogen) atoms. The molecule has 4 nitrogen and oxygen atoms in total. The minimum atomic E-state index is -0.394. The minimum Gasteiger partial charge on any atom is -0.481 e. The van der Waals surface area contributed by atoms with Crippen molar-refractivity contribution in [2.75, 3.05) is 0 Å². The summed E-state index contributed by atoms with van der Waals surface area (Å²) in [5, 5.41) is 7.91. The molecular weight excluding hydrogens is 283 g/mol. The first-order valence-electron chi connectivity index (χ1n) is 7.08. The van der Waals surface area contributed by atoms with Crippen molar-refractivity contribution in [1.82, 2.24) is 10.2 Å². The maximum absolute atomic E-state index is 13.8. The molecule has 0 radical (unpaired) electrons. The molecule has 1 atom stereocenters. The van der Waals surface area contributed by atoms with Gasteiger partial charge >= 0.3 is 0 Å². The van der Waals surface area contributed by atoms with Crippen LogP contribution in [0.4, 0.5) is 4.39 Å². The Morgan fingerprint density at radius 1 is 1.05 bits per heavy atom. The normalized spacial score (nSPS) is 12.1. The summed E-state index contributed by atoms with van der Waals surface area (Å²) < 4.78 is 25.2. The van der Waals surface area contributed by atoms with Gasteiger partial charge in [0.1, 0.15) is 11.6 Å². The first-order chi connectivity index (χ1) is 10.8. The summed E-state index contributed by atoms with van der Waals surface area (Å²) in [4.78, 5) is 0. The number of hydrogen-bond donors (Lipinski definition) is 0. The second-order valence-electron chi connectivity index (χ2n) is 4.75. The monoisotopic (exact) mass is 298 g/mol. The van der Waals surface area contributed by atoms with E-state index >= 15 is 0 Å². The van der Waals surface area contributed by atoms with E-state index in [-0.39, 0.29) is 17.6 Å². The van der Waals surface area contributed by atoms with Gasteiger partial charge < -0.3 is 9.15 Å². The fourth-order valence-electron chi connectivity index (χ4n) is 2.08. The lowest BCUT2D eigenvalue weighted by molar-refractivity contribution is 0.166. The van der Waals surface area contributed by atoms with Crippen LogP contribution in [0.1, 0.15) is 25.3 Å². The van der Waals surface area contributed by atoms with E-state index in [0.29, 0.717) is 12.3 Å². The maximum atomic E-state index is 13.8. The molecule has 0 amide bonds. The Morgan fingerprint density at radius 2 is 1.77 bits per heavy atom. The standard InChI is InChI=1S/C17H15FN2O2/c1-2-15(21-12-8-4-3-5-9-12)17-20-19-16(22-17)13-10-6-7-11-14(13)18/h3-11,15H,2H2,1H3. The van der Waals surface area contributed by atoms with E-state index in [9.17, 15) is 4.39 Å².